The van der Waals surface area contributed by atoms with Crippen molar-refractivity contribution in [1.29, 1.82) is 0 Å². The Labute approximate surface area is 179 Å². The van der Waals surface area contributed by atoms with Crippen LogP contribution >= 0.6 is 0 Å². The van der Waals surface area contributed by atoms with Crippen LogP contribution in [0.3, 0.4) is 0 Å². The van der Waals surface area contributed by atoms with Crippen LogP contribution in [0.2, 0.25) is 18.1 Å². The summed E-state index contributed by atoms with van der Waals surface area (Å²) in [6.07, 6.45) is 7.39. The molecule has 0 aliphatic carbocycles. The Bertz CT molecular complexity index is 913. The summed E-state index contributed by atoms with van der Waals surface area (Å²) in [6.45, 7) is 10.8. The van der Waals surface area contributed by atoms with E-state index in [0.717, 1.165) is 0 Å². The second kappa shape index (κ2) is 8.14. The average molecular weight is 427 g/mol. The summed E-state index contributed by atoms with van der Waals surface area (Å²) < 4.78 is 11.7. The van der Waals surface area contributed by atoms with Gasteiger partial charge in [0.25, 0.3) is 5.91 Å². The van der Waals surface area contributed by atoms with Crippen molar-refractivity contribution in [1.82, 2.24) is 10.0 Å². The van der Waals surface area contributed by atoms with Crippen LogP contribution in [0.5, 0.6) is 0 Å². The minimum atomic E-state index is -2.26. The number of allylic oxidation sites excluding steroid dienone is 2. The first-order valence-electron chi connectivity index (χ1n) is 10.1. The van der Waals surface area contributed by atoms with E-state index in [2.05, 4.69) is 33.9 Å². The molecule has 2 aliphatic heterocycles. The zero-order valence-electron chi connectivity index (χ0n) is 18.5. The highest BCUT2D eigenvalue weighted by Crippen LogP contribution is 2.40. The zero-order valence-corrected chi connectivity index (χ0v) is 19.5. The van der Waals surface area contributed by atoms with E-state index in [1.54, 1.807) is 28.4 Å². The van der Waals surface area contributed by atoms with Gasteiger partial charge in [0.2, 0.25) is 8.32 Å². The molecule has 1 aromatic carbocycles. The molecule has 0 saturated heterocycles. The summed E-state index contributed by atoms with van der Waals surface area (Å²) in [6, 6.07) is 8.65. The molecule has 0 spiro atoms. The molecule has 6 nitrogen and oxygen atoms in total. The normalized spacial score (nSPS) is 18.9. The summed E-state index contributed by atoms with van der Waals surface area (Å²) >= 11 is 0. The van der Waals surface area contributed by atoms with Crippen LogP contribution in [0.4, 0.5) is 0 Å². The summed E-state index contributed by atoms with van der Waals surface area (Å²) in [5.74, 6) is -0.0785. The smallest absolute Gasteiger partial charge is 0.339 e. The van der Waals surface area contributed by atoms with Crippen LogP contribution in [-0.4, -0.2) is 49.9 Å². The lowest BCUT2D eigenvalue weighted by Crippen LogP contribution is -2.56. The quantitative estimate of drug-likeness (QED) is 0.532. The number of hydrogen-bond acceptors (Lipinski definition) is 5. The first-order chi connectivity index (χ1) is 14.1. The van der Waals surface area contributed by atoms with Crippen LogP contribution in [0, 0.1) is 0 Å². The number of rotatable bonds is 4. The van der Waals surface area contributed by atoms with Gasteiger partial charge in [-0.05, 0) is 36.3 Å². The zero-order chi connectivity index (χ0) is 22.1. The van der Waals surface area contributed by atoms with Crippen molar-refractivity contribution in [3.8, 4) is 0 Å². The standard InChI is InChI=1S/C23H30N2O4Si/c1-23(2,3)30(5,6)29-19-16-25(21(26)17-12-8-7-9-13-17)24-15-11-10-14-18(24)20(19)22(27)28-4/h7-15,18H,16H2,1-6H3. The SMILES string of the molecule is COC(=O)C1=C(O[Si](C)(C)C(C)(C)C)CN(C(=O)c2ccccc2)N2C=CC=CC12. The van der Waals surface area contributed by atoms with E-state index in [9.17, 15) is 9.59 Å². The lowest BCUT2D eigenvalue weighted by atomic mass is 10.00. The first-order valence-corrected chi connectivity index (χ1v) is 13.0. The molecule has 2 aliphatic rings. The molecule has 0 saturated carbocycles. The van der Waals surface area contributed by atoms with E-state index in [1.165, 1.54) is 7.11 Å². The third kappa shape index (κ3) is 4.07. The molecule has 1 unspecified atom stereocenters. The van der Waals surface area contributed by atoms with E-state index in [-0.39, 0.29) is 17.5 Å². The van der Waals surface area contributed by atoms with E-state index in [0.29, 0.717) is 16.9 Å². The average Bonchev–Trinajstić information content (AvgIpc) is 2.71. The maximum absolute atomic E-state index is 13.4. The second-order valence-electron chi connectivity index (χ2n) is 8.97. The largest absolute Gasteiger partial charge is 0.545 e. The third-order valence-electron chi connectivity index (χ3n) is 5.94. The van der Waals surface area contributed by atoms with Gasteiger partial charge in [-0.1, -0.05) is 51.1 Å². The van der Waals surface area contributed by atoms with E-state index in [1.807, 2.05) is 36.4 Å². The number of nitrogens with zero attached hydrogens (tertiary/aromatic N) is 2. The van der Waals surface area contributed by atoms with Crippen LogP contribution in [0.15, 0.2) is 66.1 Å². The fourth-order valence-electron chi connectivity index (χ4n) is 3.21. The van der Waals surface area contributed by atoms with Gasteiger partial charge in [0, 0.05) is 11.8 Å². The molecule has 0 radical (unpaired) electrons. The highest BCUT2D eigenvalue weighted by atomic mass is 28.4. The van der Waals surface area contributed by atoms with Crippen molar-refractivity contribution in [3.63, 3.8) is 0 Å². The van der Waals surface area contributed by atoms with Gasteiger partial charge in [-0.2, -0.15) is 0 Å². The van der Waals surface area contributed by atoms with Gasteiger partial charge in [-0.25, -0.2) is 9.80 Å². The third-order valence-corrected chi connectivity index (χ3v) is 10.3. The number of carbonyl (C=O) groups excluding carboxylic acids is 2. The Morgan fingerprint density at radius 1 is 1.10 bits per heavy atom. The van der Waals surface area contributed by atoms with Crippen LogP contribution < -0.4 is 0 Å². The molecule has 2 heterocycles. The Kier molecular flexibility index (Phi) is 5.94. The fourth-order valence-corrected chi connectivity index (χ4v) is 4.31. The van der Waals surface area contributed by atoms with Gasteiger partial charge >= 0.3 is 5.97 Å². The second-order valence-corrected chi connectivity index (χ2v) is 13.7. The number of ether oxygens (including phenoxy) is 1. The fraction of sp³-hybridized carbons (Fsp3) is 0.391. The molecule has 0 bridgehead atoms. The number of fused-ring (bicyclic) bond motifs is 1. The van der Waals surface area contributed by atoms with Gasteiger partial charge in [0.05, 0.1) is 13.7 Å². The van der Waals surface area contributed by atoms with Gasteiger partial charge in [-0.3, -0.25) is 9.80 Å². The Hall–Kier alpha value is -2.80. The van der Waals surface area contributed by atoms with Crippen molar-refractivity contribution < 1.29 is 18.8 Å². The van der Waals surface area contributed by atoms with Gasteiger partial charge in [0.15, 0.2) is 0 Å². The first kappa shape index (κ1) is 21.9. The number of amides is 1. The molecule has 0 fully saturated rings. The predicted octanol–water partition coefficient (Wildman–Crippen LogP) is 4.26. The summed E-state index contributed by atoms with van der Waals surface area (Å²) in [7, 11) is -0.889. The molecule has 1 amide bonds. The number of carbonyl (C=O) groups is 2. The number of benzene rings is 1. The molecule has 160 valence electrons. The summed E-state index contributed by atoms with van der Waals surface area (Å²) in [5.41, 5.74) is 1.02. The molecular weight excluding hydrogens is 396 g/mol. The van der Waals surface area contributed by atoms with E-state index in [4.69, 9.17) is 9.16 Å². The minimum absolute atomic E-state index is 0.0606. The maximum atomic E-state index is 13.4. The molecule has 7 heteroatoms. The Morgan fingerprint density at radius 3 is 2.37 bits per heavy atom. The van der Waals surface area contributed by atoms with Crippen LogP contribution in [0.25, 0.3) is 0 Å². The highest BCUT2D eigenvalue weighted by molar-refractivity contribution is 6.74. The summed E-state index contributed by atoms with van der Waals surface area (Å²) in [5, 5.41) is 3.35. The monoisotopic (exact) mass is 426 g/mol. The Morgan fingerprint density at radius 2 is 1.77 bits per heavy atom. The number of hydrogen-bond donors (Lipinski definition) is 0. The topological polar surface area (TPSA) is 59.1 Å². The molecular formula is C23H30N2O4Si. The minimum Gasteiger partial charge on any atom is -0.545 e. The van der Waals surface area contributed by atoms with Crippen molar-refractivity contribution in [3.05, 3.63) is 71.7 Å². The van der Waals surface area contributed by atoms with E-state index < -0.39 is 20.3 Å². The molecule has 30 heavy (non-hydrogen) atoms. The molecule has 1 aromatic rings. The van der Waals surface area contributed by atoms with Crippen molar-refractivity contribution in [2.75, 3.05) is 13.7 Å². The lowest BCUT2D eigenvalue weighted by molar-refractivity contribution is -0.138. The maximum Gasteiger partial charge on any atom is 0.339 e. The number of esters is 1. The number of hydrazine groups is 1. The van der Waals surface area contributed by atoms with E-state index >= 15 is 0 Å². The highest BCUT2D eigenvalue weighted by Gasteiger charge is 2.45. The van der Waals surface area contributed by atoms with Gasteiger partial charge < -0.3 is 9.16 Å². The molecule has 0 aromatic heterocycles. The van der Waals surface area contributed by atoms with Crippen molar-refractivity contribution in [2.24, 2.45) is 0 Å². The van der Waals surface area contributed by atoms with Gasteiger partial charge in [-0.15, -0.1) is 0 Å². The van der Waals surface area contributed by atoms with Crippen LogP contribution in [0.1, 0.15) is 31.1 Å². The molecule has 3 rings (SSSR count). The predicted molar refractivity (Wildman–Crippen MR) is 119 cm³/mol. The molecule has 0 N–H and O–H groups in total. The van der Waals surface area contributed by atoms with Crippen molar-refractivity contribution >= 4 is 20.2 Å². The van der Waals surface area contributed by atoms with Crippen LogP contribution in [-0.2, 0) is 14.0 Å². The van der Waals surface area contributed by atoms with Crippen molar-refractivity contribution in [2.45, 2.75) is 44.9 Å². The summed E-state index contributed by atoms with van der Waals surface area (Å²) in [4.78, 5) is 26.1. The molecule has 1 atom stereocenters. The van der Waals surface area contributed by atoms with Gasteiger partial charge in [0.1, 0.15) is 17.4 Å². The Balaban J connectivity index is 2.09. The lowest BCUT2D eigenvalue weighted by Gasteiger charge is -2.47. The number of methoxy groups -OCH3 is 1.